The molecule has 0 bridgehead atoms. The summed E-state index contributed by atoms with van der Waals surface area (Å²) in [5, 5.41) is 0. The van der Waals surface area contributed by atoms with E-state index in [0.29, 0.717) is 23.5 Å². The summed E-state index contributed by atoms with van der Waals surface area (Å²) in [7, 11) is -4.24. The summed E-state index contributed by atoms with van der Waals surface area (Å²) in [5.74, 6) is 1.26. The zero-order chi connectivity index (χ0) is 20.2. The second kappa shape index (κ2) is 11.9. The lowest BCUT2D eigenvalue weighted by Crippen LogP contribution is -2.04. The molecule has 0 aliphatic heterocycles. The van der Waals surface area contributed by atoms with Crippen LogP contribution in [-0.4, -0.2) is 13.0 Å². The summed E-state index contributed by atoms with van der Waals surface area (Å²) in [6.45, 7) is 2.22. The number of hydrogen-bond acceptors (Lipinski definition) is 3. The van der Waals surface area contributed by atoms with Crippen molar-refractivity contribution in [2.45, 2.75) is 76.0 Å². The van der Waals surface area contributed by atoms with Crippen LogP contribution in [-0.2, 0) is 16.5 Å². The molecular weight excluding hydrogens is 372 g/mol. The zero-order valence-corrected chi connectivity index (χ0v) is 17.6. The third-order valence-electron chi connectivity index (χ3n) is 4.84. The molecule has 0 amide bonds. The summed E-state index contributed by atoms with van der Waals surface area (Å²) >= 11 is 0. The summed E-state index contributed by atoms with van der Waals surface area (Å²) < 4.78 is 38.7. The number of aryl methyl sites for hydroxylation is 1. The van der Waals surface area contributed by atoms with Gasteiger partial charge < -0.3 is 4.74 Å². The molecule has 2 aromatic rings. The van der Waals surface area contributed by atoms with Crippen molar-refractivity contribution in [1.82, 2.24) is 0 Å². The van der Waals surface area contributed by atoms with Crippen LogP contribution in [0.3, 0.4) is 0 Å². The Balaban J connectivity index is 1.90. The Labute approximate surface area is 169 Å². The second-order valence-corrected chi connectivity index (χ2v) is 8.63. The van der Waals surface area contributed by atoms with Crippen LogP contribution in [0.25, 0.3) is 0 Å². The molecule has 4 nitrogen and oxygen atoms in total. The van der Waals surface area contributed by atoms with Crippen molar-refractivity contribution < 1.29 is 17.7 Å². The van der Waals surface area contributed by atoms with Gasteiger partial charge in [-0.25, -0.2) is 0 Å². The fraction of sp³-hybridized carbons (Fsp3) is 0.478. The zero-order valence-electron chi connectivity index (χ0n) is 16.8. The fourth-order valence-corrected chi connectivity index (χ4v) is 4.05. The minimum absolute atomic E-state index is 0.0209. The Bertz CT molecular complexity index is 801. The van der Waals surface area contributed by atoms with Crippen molar-refractivity contribution in [3.05, 3.63) is 54.1 Å². The largest absolute Gasteiger partial charge is 0.457 e. The van der Waals surface area contributed by atoms with Crippen molar-refractivity contribution in [3.63, 3.8) is 0 Å². The van der Waals surface area contributed by atoms with Gasteiger partial charge in [-0.05, 0) is 48.7 Å². The van der Waals surface area contributed by atoms with Crippen molar-refractivity contribution >= 4 is 10.1 Å². The van der Waals surface area contributed by atoms with Crippen molar-refractivity contribution in [2.75, 3.05) is 0 Å². The summed E-state index contributed by atoms with van der Waals surface area (Å²) in [5.41, 5.74) is 0.610. The Kier molecular flexibility index (Phi) is 9.51. The highest BCUT2D eigenvalue weighted by Gasteiger charge is 2.16. The van der Waals surface area contributed by atoms with Crippen LogP contribution in [0.2, 0.25) is 0 Å². The average molecular weight is 405 g/mol. The van der Waals surface area contributed by atoms with Crippen LogP contribution < -0.4 is 4.74 Å². The minimum Gasteiger partial charge on any atom is -0.457 e. The molecule has 0 saturated heterocycles. The van der Waals surface area contributed by atoms with Crippen LogP contribution in [0.15, 0.2) is 53.4 Å². The van der Waals surface area contributed by atoms with Gasteiger partial charge in [0.15, 0.2) is 0 Å². The van der Waals surface area contributed by atoms with Crippen molar-refractivity contribution in [3.8, 4) is 11.5 Å². The number of ether oxygens (including phenoxy) is 1. The molecule has 0 unspecified atom stereocenters. The van der Waals surface area contributed by atoms with Gasteiger partial charge in [0.1, 0.15) is 11.5 Å². The van der Waals surface area contributed by atoms with Gasteiger partial charge in [-0.1, -0.05) is 76.5 Å². The van der Waals surface area contributed by atoms with Gasteiger partial charge in [0.25, 0.3) is 10.1 Å². The SMILES string of the molecule is CCCCCCCCCCCc1cc(Oc2ccccc2)ccc1S(=O)(=O)O. The highest BCUT2D eigenvalue weighted by molar-refractivity contribution is 7.85. The first-order chi connectivity index (χ1) is 13.5. The maximum atomic E-state index is 11.7. The maximum absolute atomic E-state index is 11.7. The highest BCUT2D eigenvalue weighted by atomic mass is 32.2. The lowest BCUT2D eigenvalue weighted by molar-refractivity contribution is 0.475. The molecular formula is C23H32O4S. The van der Waals surface area contributed by atoms with Crippen LogP contribution in [0.5, 0.6) is 11.5 Å². The lowest BCUT2D eigenvalue weighted by atomic mass is 10.0. The number of para-hydroxylation sites is 1. The van der Waals surface area contributed by atoms with Crippen molar-refractivity contribution in [2.24, 2.45) is 0 Å². The van der Waals surface area contributed by atoms with Crippen LogP contribution >= 0.6 is 0 Å². The predicted octanol–water partition coefficient (Wildman–Crippen LogP) is 6.80. The van der Waals surface area contributed by atoms with E-state index in [-0.39, 0.29) is 4.90 Å². The molecule has 0 aliphatic carbocycles. The fourth-order valence-electron chi connectivity index (χ4n) is 3.32. The smallest absolute Gasteiger partial charge is 0.294 e. The average Bonchev–Trinajstić information content (AvgIpc) is 2.67. The van der Waals surface area contributed by atoms with E-state index in [0.717, 1.165) is 19.3 Å². The molecule has 0 fully saturated rings. The Morgan fingerprint density at radius 2 is 1.39 bits per heavy atom. The quantitative estimate of drug-likeness (QED) is 0.294. The molecule has 0 radical (unpaired) electrons. The predicted molar refractivity (Wildman–Crippen MR) is 114 cm³/mol. The Hall–Kier alpha value is -1.85. The molecule has 1 N–H and O–H groups in total. The van der Waals surface area contributed by atoms with E-state index < -0.39 is 10.1 Å². The van der Waals surface area contributed by atoms with Crippen LogP contribution in [0.4, 0.5) is 0 Å². The first kappa shape index (κ1) is 22.4. The van der Waals surface area contributed by atoms with E-state index in [1.807, 2.05) is 30.3 Å². The first-order valence-corrected chi connectivity index (χ1v) is 11.8. The molecule has 0 aromatic heterocycles. The monoisotopic (exact) mass is 404 g/mol. The molecule has 0 heterocycles. The Morgan fingerprint density at radius 3 is 2.00 bits per heavy atom. The molecule has 5 heteroatoms. The van der Waals surface area contributed by atoms with Gasteiger partial charge in [-0.2, -0.15) is 8.42 Å². The standard InChI is InChI=1S/C23H32O4S/c1-2-3-4-5-6-7-8-9-11-14-20-19-22(17-18-23(20)28(24,25)26)27-21-15-12-10-13-16-21/h10,12-13,15-19H,2-9,11,14H2,1H3,(H,24,25,26). The Morgan fingerprint density at radius 1 is 0.786 bits per heavy atom. The topological polar surface area (TPSA) is 63.6 Å². The highest BCUT2D eigenvalue weighted by Crippen LogP contribution is 2.27. The van der Waals surface area contributed by atoms with Crippen LogP contribution in [0, 0.1) is 0 Å². The first-order valence-electron chi connectivity index (χ1n) is 10.3. The van der Waals surface area contributed by atoms with Gasteiger partial charge in [0.2, 0.25) is 0 Å². The molecule has 2 rings (SSSR count). The van der Waals surface area contributed by atoms with Crippen LogP contribution in [0.1, 0.15) is 70.3 Å². The molecule has 0 saturated carbocycles. The number of rotatable bonds is 13. The second-order valence-electron chi connectivity index (χ2n) is 7.24. The third kappa shape index (κ3) is 8.03. The molecule has 28 heavy (non-hydrogen) atoms. The van der Waals surface area contributed by atoms with Gasteiger partial charge in [-0.3, -0.25) is 4.55 Å². The number of benzene rings is 2. The van der Waals surface area contributed by atoms with Gasteiger partial charge in [0.05, 0.1) is 4.90 Å². The minimum atomic E-state index is -4.24. The summed E-state index contributed by atoms with van der Waals surface area (Å²) in [4.78, 5) is -0.0209. The maximum Gasteiger partial charge on any atom is 0.294 e. The van der Waals surface area contributed by atoms with E-state index in [9.17, 15) is 13.0 Å². The molecule has 0 atom stereocenters. The molecule has 2 aromatic carbocycles. The van der Waals surface area contributed by atoms with E-state index >= 15 is 0 Å². The van der Waals surface area contributed by atoms with Gasteiger partial charge >= 0.3 is 0 Å². The third-order valence-corrected chi connectivity index (χ3v) is 5.79. The van der Waals surface area contributed by atoms with E-state index in [2.05, 4.69) is 6.92 Å². The summed E-state index contributed by atoms with van der Waals surface area (Å²) in [6.07, 6.45) is 11.4. The number of unbranched alkanes of at least 4 members (excludes halogenated alkanes) is 8. The van der Waals surface area contributed by atoms with Crippen molar-refractivity contribution in [1.29, 1.82) is 0 Å². The van der Waals surface area contributed by atoms with Gasteiger partial charge in [0, 0.05) is 0 Å². The number of hydrogen-bond donors (Lipinski definition) is 1. The van der Waals surface area contributed by atoms with E-state index in [1.165, 1.54) is 44.6 Å². The molecule has 154 valence electrons. The molecule has 0 aliphatic rings. The lowest BCUT2D eigenvalue weighted by Gasteiger charge is -2.11. The normalized spacial score (nSPS) is 11.5. The molecule has 0 spiro atoms. The van der Waals surface area contributed by atoms with E-state index in [1.54, 1.807) is 12.1 Å². The van der Waals surface area contributed by atoms with E-state index in [4.69, 9.17) is 4.74 Å². The van der Waals surface area contributed by atoms with Gasteiger partial charge in [-0.15, -0.1) is 0 Å². The summed E-state index contributed by atoms with van der Waals surface area (Å²) in [6, 6.07) is 14.1.